The predicted molar refractivity (Wildman–Crippen MR) is 109 cm³/mol. The molecule has 1 saturated heterocycles. The van der Waals surface area contributed by atoms with E-state index in [0.717, 1.165) is 50.4 Å². The number of thiophene rings is 1. The highest BCUT2D eigenvalue weighted by Gasteiger charge is 2.27. The lowest BCUT2D eigenvalue weighted by atomic mass is 10.1. The molecule has 1 aliphatic heterocycles. The van der Waals surface area contributed by atoms with Crippen LogP contribution >= 0.6 is 11.3 Å². The van der Waals surface area contributed by atoms with E-state index >= 15 is 0 Å². The maximum absolute atomic E-state index is 13.1. The highest BCUT2D eigenvalue weighted by molar-refractivity contribution is 7.07. The second-order valence-corrected chi connectivity index (χ2v) is 8.05. The van der Waals surface area contributed by atoms with Crippen molar-refractivity contribution in [2.75, 3.05) is 26.2 Å². The molecule has 1 atom stereocenters. The number of aromatic nitrogens is 2. The molecule has 148 valence electrons. The van der Waals surface area contributed by atoms with Crippen LogP contribution < -0.4 is 0 Å². The van der Waals surface area contributed by atoms with Crippen LogP contribution in [0.25, 0.3) is 5.69 Å². The molecular weight excluding hydrogens is 375 g/mol. The molecule has 0 radical (unpaired) electrons. The van der Waals surface area contributed by atoms with Crippen LogP contribution in [0.4, 0.5) is 4.39 Å². The molecule has 1 aliphatic rings. The number of rotatable bonds is 7. The lowest BCUT2D eigenvalue weighted by Crippen LogP contribution is -2.52. The third-order valence-electron chi connectivity index (χ3n) is 5.25. The molecule has 1 N–H and O–H groups in total. The van der Waals surface area contributed by atoms with Gasteiger partial charge >= 0.3 is 0 Å². The van der Waals surface area contributed by atoms with Gasteiger partial charge in [0.2, 0.25) is 0 Å². The number of piperazine rings is 1. The Labute approximate surface area is 168 Å². The fourth-order valence-corrected chi connectivity index (χ4v) is 4.44. The topological polar surface area (TPSA) is 44.5 Å². The Bertz CT molecular complexity index is 865. The fourth-order valence-electron chi connectivity index (χ4n) is 3.78. The van der Waals surface area contributed by atoms with Crippen LogP contribution in [0.5, 0.6) is 0 Å². The van der Waals surface area contributed by atoms with Crippen molar-refractivity contribution in [2.45, 2.75) is 25.6 Å². The van der Waals surface area contributed by atoms with Gasteiger partial charge in [0.05, 0.1) is 11.9 Å². The van der Waals surface area contributed by atoms with E-state index in [4.69, 9.17) is 0 Å². The molecule has 7 heteroatoms. The third kappa shape index (κ3) is 4.67. The first-order chi connectivity index (χ1) is 13.7. The minimum Gasteiger partial charge on any atom is -0.396 e. The lowest BCUT2D eigenvalue weighted by molar-refractivity contribution is 0.0500. The van der Waals surface area contributed by atoms with Crippen LogP contribution in [0.15, 0.2) is 53.5 Å². The SMILES string of the molecule is OCCC1CN(Cc2cnn(-c3ccc(F)cc3)c2)CCN1Cc1ccsc1. The van der Waals surface area contributed by atoms with Crippen molar-refractivity contribution >= 4 is 11.3 Å². The van der Waals surface area contributed by atoms with Gasteiger partial charge in [-0.15, -0.1) is 0 Å². The summed E-state index contributed by atoms with van der Waals surface area (Å²) in [7, 11) is 0. The first-order valence-corrected chi connectivity index (χ1v) is 10.5. The molecular formula is C21H25FN4OS. The van der Waals surface area contributed by atoms with Crippen molar-refractivity contribution in [1.82, 2.24) is 19.6 Å². The minimum atomic E-state index is -0.244. The van der Waals surface area contributed by atoms with Gasteiger partial charge in [0.25, 0.3) is 0 Å². The number of aliphatic hydroxyl groups is 1. The van der Waals surface area contributed by atoms with E-state index in [1.165, 1.54) is 17.7 Å². The highest BCUT2D eigenvalue weighted by atomic mass is 32.1. The third-order valence-corrected chi connectivity index (χ3v) is 5.98. The van der Waals surface area contributed by atoms with Crippen LogP contribution in [-0.4, -0.2) is 57.0 Å². The molecule has 1 fully saturated rings. The Morgan fingerprint density at radius 2 is 1.96 bits per heavy atom. The monoisotopic (exact) mass is 400 g/mol. The number of halogens is 1. The van der Waals surface area contributed by atoms with E-state index in [2.05, 4.69) is 31.7 Å². The van der Waals surface area contributed by atoms with Gasteiger partial charge in [-0.3, -0.25) is 9.80 Å². The molecule has 0 spiro atoms. The maximum Gasteiger partial charge on any atom is 0.123 e. The molecule has 3 aromatic rings. The first-order valence-electron chi connectivity index (χ1n) is 9.59. The van der Waals surface area contributed by atoms with Crippen molar-refractivity contribution in [1.29, 1.82) is 0 Å². The summed E-state index contributed by atoms with van der Waals surface area (Å²) in [6, 6.07) is 8.88. The average molecular weight is 401 g/mol. The standard InChI is InChI=1S/C21H25FN4OS/c22-19-1-3-20(4-2-19)26-14-18(11-23-26)12-24-7-8-25(21(15-24)5-9-27)13-17-6-10-28-16-17/h1-4,6,10-11,14,16,21,27H,5,7-9,12-13,15H2. The number of hydrogen-bond donors (Lipinski definition) is 1. The molecule has 3 heterocycles. The Morgan fingerprint density at radius 1 is 1.11 bits per heavy atom. The summed E-state index contributed by atoms with van der Waals surface area (Å²) in [5.74, 6) is -0.244. The Kier molecular flexibility index (Phi) is 6.17. The van der Waals surface area contributed by atoms with E-state index in [1.54, 1.807) is 28.2 Å². The molecule has 0 aliphatic carbocycles. The van der Waals surface area contributed by atoms with Gasteiger partial charge in [-0.2, -0.15) is 16.4 Å². The molecule has 0 saturated carbocycles. The number of hydrogen-bond acceptors (Lipinski definition) is 5. The summed E-state index contributed by atoms with van der Waals surface area (Å²) in [5, 5.41) is 18.2. The molecule has 1 aromatic carbocycles. The maximum atomic E-state index is 13.1. The normalized spacial score (nSPS) is 18.6. The van der Waals surface area contributed by atoms with Crippen LogP contribution in [0.3, 0.4) is 0 Å². The second kappa shape index (κ2) is 8.96. The van der Waals surface area contributed by atoms with Gasteiger partial charge in [0.1, 0.15) is 5.82 Å². The molecule has 4 rings (SSSR count). The zero-order chi connectivity index (χ0) is 19.3. The van der Waals surface area contributed by atoms with E-state index in [1.807, 2.05) is 12.4 Å². The van der Waals surface area contributed by atoms with E-state index in [9.17, 15) is 9.50 Å². The van der Waals surface area contributed by atoms with Crippen molar-refractivity contribution in [3.05, 3.63) is 70.4 Å². The Balaban J connectivity index is 1.38. The van der Waals surface area contributed by atoms with Crippen LogP contribution in [0.2, 0.25) is 0 Å². The van der Waals surface area contributed by atoms with Gasteiger partial charge < -0.3 is 5.11 Å². The van der Waals surface area contributed by atoms with Crippen LogP contribution in [0, 0.1) is 5.82 Å². The molecule has 5 nitrogen and oxygen atoms in total. The van der Waals surface area contributed by atoms with Gasteiger partial charge in [-0.25, -0.2) is 9.07 Å². The minimum absolute atomic E-state index is 0.209. The molecule has 1 unspecified atom stereocenters. The lowest BCUT2D eigenvalue weighted by Gasteiger charge is -2.41. The summed E-state index contributed by atoms with van der Waals surface area (Å²) in [6.45, 7) is 4.91. The van der Waals surface area contributed by atoms with Crippen molar-refractivity contribution < 1.29 is 9.50 Å². The zero-order valence-corrected chi connectivity index (χ0v) is 16.6. The van der Waals surface area contributed by atoms with Crippen molar-refractivity contribution in [3.63, 3.8) is 0 Å². The van der Waals surface area contributed by atoms with Gasteiger partial charge in [-0.05, 0) is 53.1 Å². The predicted octanol–water partition coefficient (Wildman–Crippen LogP) is 3.14. The van der Waals surface area contributed by atoms with E-state index in [0.29, 0.717) is 6.04 Å². The first kappa shape index (κ1) is 19.3. The molecule has 0 amide bonds. The Hall–Kier alpha value is -2.06. The quantitative estimate of drug-likeness (QED) is 0.662. The fraction of sp³-hybridized carbons (Fsp3) is 0.381. The molecule has 28 heavy (non-hydrogen) atoms. The van der Waals surface area contributed by atoms with E-state index < -0.39 is 0 Å². The summed E-state index contributed by atoms with van der Waals surface area (Å²) >= 11 is 1.73. The van der Waals surface area contributed by atoms with Crippen molar-refractivity contribution in [2.24, 2.45) is 0 Å². The second-order valence-electron chi connectivity index (χ2n) is 7.27. The van der Waals surface area contributed by atoms with E-state index in [-0.39, 0.29) is 12.4 Å². The van der Waals surface area contributed by atoms with Gasteiger partial charge in [0.15, 0.2) is 0 Å². The number of benzene rings is 1. The summed E-state index contributed by atoms with van der Waals surface area (Å²) in [6.07, 6.45) is 4.67. The largest absolute Gasteiger partial charge is 0.396 e. The highest BCUT2D eigenvalue weighted by Crippen LogP contribution is 2.20. The van der Waals surface area contributed by atoms with Crippen LogP contribution in [-0.2, 0) is 13.1 Å². The number of nitrogens with zero attached hydrogens (tertiary/aromatic N) is 4. The molecule has 2 aromatic heterocycles. The van der Waals surface area contributed by atoms with Crippen molar-refractivity contribution in [3.8, 4) is 5.69 Å². The van der Waals surface area contributed by atoms with Gasteiger partial charge in [0, 0.05) is 57.1 Å². The average Bonchev–Trinajstić information content (AvgIpc) is 3.37. The number of aliphatic hydroxyl groups excluding tert-OH is 1. The Morgan fingerprint density at radius 3 is 2.71 bits per heavy atom. The van der Waals surface area contributed by atoms with Crippen LogP contribution in [0.1, 0.15) is 17.5 Å². The van der Waals surface area contributed by atoms with Gasteiger partial charge in [-0.1, -0.05) is 0 Å². The zero-order valence-electron chi connectivity index (χ0n) is 15.7. The summed E-state index contributed by atoms with van der Waals surface area (Å²) < 4.78 is 14.9. The summed E-state index contributed by atoms with van der Waals surface area (Å²) in [5.41, 5.74) is 3.34. The summed E-state index contributed by atoms with van der Waals surface area (Å²) in [4.78, 5) is 4.91. The molecule has 0 bridgehead atoms. The smallest absolute Gasteiger partial charge is 0.123 e.